The maximum atomic E-state index is 12.8. The van der Waals surface area contributed by atoms with E-state index < -0.39 is 0 Å². The number of aromatic nitrogens is 2. The van der Waals surface area contributed by atoms with Crippen molar-refractivity contribution >= 4 is 29.1 Å². The largest absolute Gasteiger partial charge is 0.355 e. The number of amides is 1. The van der Waals surface area contributed by atoms with E-state index in [-0.39, 0.29) is 23.2 Å². The molecule has 0 radical (unpaired) electrons. The van der Waals surface area contributed by atoms with Crippen LogP contribution in [-0.2, 0) is 17.3 Å². The van der Waals surface area contributed by atoms with Crippen LogP contribution in [-0.4, -0.2) is 35.3 Å². The third-order valence-electron chi connectivity index (χ3n) is 5.11. The third kappa shape index (κ3) is 4.05. The number of benzene rings is 1. The molecule has 0 unspecified atom stereocenters. The molecule has 3 rings (SSSR count). The van der Waals surface area contributed by atoms with Crippen LogP contribution in [0.3, 0.4) is 0 Å². The summed E-state index contributed by atoms with van der Waals surface area (Å²) in [5.41, 5.74) is 1.89. The second-order valence-electron chi connectivity index (χ2n) is 7.55. The Labute approximate surface area is 164 Å². The van der Waals surface area contributed by atoms with Gasteiger partial charge in [-0.2, -0.15) is 5.10 Å². The van der Waals surface area contributed by atoms with E-state index in [4.69, 9.17) is 23.2 Å². The normalized spacial score (nSPS) is 20.3. The molecule has 0 spiro atoms. The molecule has 0 saturated carbocycles. The minimum absolute atomic E-state index is 0.0667. The number of nitrogens with zero attached hydrogens (tertiary/aromatic N) is 2. The van der Waals surface area contributed by atoms with Gasteiger partial charge in [-0.3, -0.25) is 9.48 Å². The monoisotopic (exact) mass is 394 g/mol. The molecule has 2 heterocycles. The lowest BCUT2D eigenvalue weighted by Crippen LogP contribution is -2.41. The van der Waals surface area contributed by atoms with Gasteiger partial charge < -0.3 is 10.6 Å². The molecule has 5 nitrogen and oxygen atoms in total. The Hall–Kier alpha value is -1.56. The summed E-state index contributed by atoms with van der Waals surface area (Å²) in [6.45, 7) is 6.16. The minimum Gasteiger partial charge on any atom is -0.355 e. The predicted molar refractivity (Wildman–Crippen MR) is 105 cm³/mol. The summed E-state index contributed by atoms with van der Waals surface area (Å²) in [6, 6.07) is 5.61. The zero-order valence-electron chi connectivity index (χ0n) is 15.2. The standard InChI is InChI=1S/C19H24Cl2N4O/c1-19(2,13-4-5-16(20)17(21)6-13)11-23-18(26)15-9-22-8-14(15)12-7-24-25(3)10-12/h4-7,10,14-15,22H,8-9,11H2,1-3H3,(H,23,26)/t14-,15+/m1/s1. The van der Waals surface area contributed by atoms with Crippen LogP contribution in [0.2, 0.25) is 10.0 Å². The molecule has 1 saturated heterocycles. The fourth-order valence-corrected chi connectivity index (χ4v) is 3.69. The molecule has 1 aromatic heterocycles. The number of hydrogen-bond acceptors (Lipinski definition) is 3. The van der Waals surface area contributed by atoms with Gasteiger partial charge in [0.2, 0.25) is 5.91 Å². The maximum absolute atomic E-state index is 12.8. The topological polar surface area (TPSA) is 59.0 Å². The fraction of sp³-hybridized carbons (Fsp3) is 0.474. The summed E-state index contributed by atoms with van der Waals surface area (Å²) in [4.78, 5) is 12.8. The molecule has 26 heavy (non-hydrogen) atoms. The Kier molecular flexibility index (Phi) is 5.61. The number of carbonyl (C=O) groups is 1. The highest BCUT2D eigenvalue weighted by Gasteiger charge is 2.35. The number of aryl methyl sites for hydroxylation is 1. The molecule has 1 aliphatic rings. The summed E-state index contributed by atoms with van der Waals surface area (Å²) in [7, 11) is 1.89. The van der Waals surface area contributed by atoms with Gasteiger partial charge in [0.15, 0.2) is 0 Å². The highest BCUT2D eigenvalue weighted by Crippen LogP contribution is 2.31. The summed E-state index contributed by atoms with van der Waals surface area (Å²) in [6.07, 6.45) is 3.83. The van der Waals surface area contributed by atoms with Crippen LogP contribution in [0.4, 0.5) is 0 Å². The number of halogens is 2. The summed E-state index contributed by atoms with van der Waals surface area (Å²) >= 11 is 12.1. The number of rotatable bonds is 5. The molecular formula is C19H24Cl2N4O. The van der Waals surface area contributed by atoms with E-state index in [2.05, 4.69) is 29.6 Å². The van der Waals surface area contributed by atoms with Gasteiger partial charge in [-0.25, -0.2) is 0 Å². The van der Waals surface area contributed by atoms with Gasteiger partial charge in [0.1, 0.15) is 0 Å². The van der Waals surface area contributed by atoms with Crippen LogP contribution in [0.25, 0.3) is 0 Å². The van der Waals surface area contributed by atoms with Gasteiger partial charge in [0.25, 0.3) is 0 Å². The quantitative estimate of drug-likeness (QED) is 0.818. The summed E-state index contributed by atoms with van der Waals surface area (Å²) in [5.74, 6) is 0.123. The van der Waals surface area contributed by atoms with E-state index in [9.17, 15) is 4.79 Å². The lowest BCUT2D eigenvalue weighted by atomic mass is 9.84. The van der Waals surface area contributed by atoms with Gasteiger partial charge in [0.05, 0.1) is 22.2 Å². The first-order chi connectivity index (χ1) is 12.3. The van der Waals surface area contributed by atoms with Crippen molar-refractivity contribution in [3.05, 3.63) is 51.8 Å². The van der Waals surface area contributed by atoms with Crippen molar-refractivity contribution in [2.45, 2.75) is 25.2 Å². The Morgan fingerprint density at radius 1 is 1.35 bits per heavy atom. The van der Waals surface area contributed by atoms with Crippen molar-refractivity contribution in [1.29, 1.82) is 0 Å². The zero-order valence-corrected chi connectivity index (χ0v) is 16.7. The van der Waals surface area contributed by atoms with Gasteiger partial charge >= 0.3 is 0 Å². The number of hydrogen-bond donors (Lipinski definition) is 2. The first kappa shape index (κ1) is 19.2. The molecule has 2 N–H and O–H groups in total. The van der Waals surface area contributed by atoms with Crippen molar-refractivity contribution in [2.75, 3.05) is 19.6 Å². The van der Waals surface area contributed by atoms with Crippen LogP contribution >= 0.6 is 23.2 Å². The van der Waals surface area contributed by atoms with E-state index in [1.807, 2.05) is 31.6 Å². The highest BCUT2D eigenvalue weighted by molar-refractivity contribution is 6.42. The van der Waals surface area contributed by atoms with Crippen LogP contribution < -0.4 is 10.6 Å². The Morgan fingerprint density at radius 2 is 2.12 bits per heavy atom. The van der Waals surface area contributed by atoms with Crippen LogP contribution in [0.15, 0.2) is 30.6 Å². The lowest BCUT2D eigenvalue weighted by Gasteiger charge is -2.27. The average Bonchev–Trinajstić information content (AvgIpc) is 3.23. The Bertz CT molecular complexity index is 803. The molecule has 2 atom stereocenters. The van der Waals surface area contributed by atoms with E-state index in [0.29, 0.717) is 23.1 Å². The number of nitrogens with one attached hydrogen (secondary N) is 2. The van der Waals surface area contributed by atoms with Gasteiger partial charge in [-0.15, -0.1) is 0 Å². The molecule has 1 aromatic carbocycles. The lowest BCUT2D eigenvalue weighted by molar-refractivity contribution is -0.125. The second kappa shape index (κ2) is 7.59. The molecule has 1 fully saturated rings. The average molecular weight is 395 g/mol. The smallest absolute Gasteiger partial charge is 0.225 e. The van der Waals surface area contributed by atoms with E-state index >= 15 is 0 Å². The Morgan fingerprint density at radius 3 is 2.77 bits per heavy atom. The van der Waals surface area contributed by atoms with Crippen molar-refractivity contribution in [2.24, 2.45) is 13.0 Å². The van der Waals surface area contributed by atoms with Crippen LogP contribution in [0.5, 0.6) is 0 Å². The van der Waals surface area contributed by atoms with Crippen molar-refractivity contribution < 1.29 is 4.79 Å². The molecule has 2 aromatic rings. The molecule has 1 aliphatic heterocycles. The van der Waals surface area contributed by atoms with E-state index in [0.717, 1.165) is 17.7 Å². The molecule has 1 amide bonds. The van der Waals surface area contributed by atoms with Crippen LogP contribution in [0.1, 0.15) is 30.9 Å². The van der Waals surface area contributed by atoms with Gasteiger partial charge in [-0.1, -0.05) is 43.1 Å². The third-order valence-corrected chi connectivity index (χ3v) is 5.85. The van der Waals surface area contributed by atoms with Crippen molar-refractivity contribution in [3.8, 4) is 0 Å². The first-order valence-corrected chi connectivity index (χ1v) is 9.46. The van der Waals surface area contributed by atoms with Crippen LogP contribution in [0, 0.1) is 5.92 Å². The molecule has 0 bridgehead atoms. The minimum atomic E-state index is -0.250. The van der Waals surface area contributed by atoms with E-state index in [1.165, 1.54) is 0 Å². The predicted octanol–water partition coefficient (Wildman–Crippen LogP) is 3.12. The summed E-state index contributed by atoms with van der Waals surface area (Å²) in [5, 5.41) is 11.7. The molecular weight excluding hydrogens is 371 g/mol. The summed E-state index contributed by atoms with van der Waals surface area (Å²) < 4.78 is 1.77. The molecule has 7 heteroatoms. The molecule has 0 aliphatic carbocycles. The van der Waals surface area contributed by atoms with Gasteiger partial charge in [0, 0.05) is 44.2 Å². The van der Waals surface area contributed by atoms with E-state index in [1.54, 1.807) is 10.7 Å². The molecule has 140 valence electrons. The number of carbonyl (C=O) groups excluding carboxylic acids is 1. The SMILES string of the molecule is Cn1cc([C@H]2CNC[C@@H]2C(=O)NCC(C)(C)c2ccc(Cl)c(Cl)c2)cn1. The fourth-order valence-electron chi connectivity index (χ4n) is 3.39. The first-order valence-electron chi connectivity index (χ1n) is 8.70. The maximum Gasteiger partial charge on any atom is 0.225 e. The van der Waals surface area contributed by atoms with Gasteiger partial charge in [-0.05, 0) is 23.3 Å². The van der Waals surface area contributed by atoms with Crippen molar-refractivity contribution in [3.63, 3.8) is 0 Å². The zero-order chi connectivity index (χ0) is 18.9. The second-order valence-corrected chi connectivity index (χ2v) is 8.36. The van der Waals surface area contributed by atoms with Crippen molar-refractivity contribution in [1.82, 2.24) is 20.4 Å². The Balaban J connectivity index is 1.66. The highest BCUT2D eigenvalue weighted by atomic mass is 35.5.